The van der Waals surface area contributed by atoms with Gasteiger partial charge in [0.1, 0.15) is 5.52 Å². The molecule has 7 heteroatoms. The Kier molecular flexibility index (Phi) is 5.48. The number of carbonyl (C=O) groups is 1. The summed E-state index contributed by atoms with van der Waals surface area (Å²) in [7, 11) is 0. The van der Waals surface area contributed by atoms with Crippen molar-refractivity contribution in [2.24, 2.45) is 0 Å². The minimum atomic E-state index is -0.0880. The Morgan fingerprint density at radius 3 is 2.44 bits per heavy atom. The van der Waals surface area contributed by atoms with E-state index in [2.05, 4.69) is 15.2 Å². The number of nitrogens with zero attached hydrogens (tertiary/aromatic N) is 5. The number of fused-ring (bicyclic) bond motifs is 1. The highest BCUT2D eigenvalue weighted by Crippen LogP contribution is 2.21. The van der Waals surface area contributed by atoms with E-state index in [0.29, 0.717) is 30.5 Å². The monoisotopic (exact) mass is 369 g/mol. The molecule has 4 rings (SSSR count). The molecule has 0 saturated carbocycles. The summed E-state index contributed by atoms with van der Waals surface area (Å²) in [5.41, 5.74) is 0.541. The molecule has 0 aliphatic carbocycles. The van der Waals surface area contributed by atoms with Gasteiger partial charge in [0.05, 0.1) is 18.0 Å². The summed E-state index contributed by atoms with van der Waals surface area (Å²) in [6.45, 7) is 3.95. The maximum atomic E-state index is 12.7. The van der Waals surface area contributed by atoms with Crippen LogP contribution in [0.5, 0.6) is 0 Å². The second-order valence-corrected chi connectivity index (χ2v) is 7.66. The SMILES string of the molecule is O=C(CN1CCCCCC1)N1CCC(n2nnc3ccccc3c2=O)CC1. The van der Waals surface area contributed by atoms with E-state index in [1.54, 1.807) is 12.1 Å². The van der Waals surface area contributed by atoms with Crippen LogP contribution in [0.1, 0.15) is 44.6 Å². The molecule has 27 heavy (non-hydrogen) atoms. The standard InChI is InChI=1S/C20H27N5O2/c26-19(15-23-11-5-1-2-6-12-23)24-13-9-16(10-14-24)25-20(27)17-7-3-4-8-18(17)21-22-25/h3-4,7-8,16H,1-2,5-6,9-15H2. The number of piperidine rings is 1. The molecule has 0 bridgehead atoms. The summed E-state index contributed by atoms with van der Waals surface area (Å²) in [6.07, 6.45) is 6.43. The molecule has 2 aliphatic heterocycles. The molecule has 1 aromatic heterocycles. The van der Waals surface area contributed by atoms with Gasteiger partial charge in [0, 0.05) is 13.1 Å². The maximum Gasteiger partial charge on any atom is 0.277 e. The molecule has 0 atom stereocenters. The molecule has 0 N–H and O–H groups in total. The van der Waals surface area contributed by atoms with Crippen molar-refractivity contribution in [3.8, 4) is 0 Å². The van der Waals surface area contributed by atoms with E-state index in [1.807, 2.05) is 17.0 Å². The lowest BCUT2D eigenvalue weighted by atomic mass is 10.0. The van der Waals surface area contributed by atoms with Gasteiger partial charge in [0.25, 0.3) is 5.56 Å². The molecular weight excluding hydrogens is 342 g/mol. The van der Waals surface area contributed by atoms with E-state index >= 15 is 0 Å². The molecule has 3 heterocycles. The summed E-state index contributed by atoms with van der Waals surface area (Å²) >= 11 is 0. The van der Waals surface area contributed by atoms with Crippen molar-refractivity contribution in [1.29, 1.82) is 0 Å². The molecular formula is C20H27N5O2. The van der Waals surface area contributed by atoms with Crippen molar-refractivity contribution >= 4 is 16.8 Å². The molecule has 144 valence electrons. The number of benzene rings is 1. The van der Waals surface area contributed by atoms with Crippen LogP contribution in [-0.2, 0) is 4.79 Å². The molecule has 1 amide bonds. The van der Waals surface area contributed by atoms with Gasteiger partial charge in [-0.25, -0.2) is 4.68 Å². The van der Waals surface area contributed by atoms with Crippen molar-refractivity contribution in [3.63, 3.8) is 0 Å². The number of rotatable bonds is 3. The highest BCUT2D eigenvalue weighted by molar-refractivity contribution is 5.78. The fourth-order valence-corrected chi connectivity index (χ4v) is 4.19. The second-order valence-electron chi connectivity index (χ2n) is 7.66. The Morgan fingerprint density at radius 2 is 1.70 bits per heavy atom. The topological polar surface area (TPSA) is 71.3 Å². The molecule has 2 fully saturated rings. The summed E-state index contributed by atoms with van der Waals surface area (Å²) in [5, 5.41) is 8.93. The third kappa shape index (κ3) is 4.03. The molecule has 0 spiro atoms. The fourth-order valence-electron chi connectivity index (χ4n) is 4.19. The minimum absolute atomic E-state index is 0.0110. The van der Waals surface area contributed by atoms with Crippen molar-refractivity contribution in [1.82, 2.24) is 24.8 Å². The average molecular weight is 369 g/mol. The van der Waals surface area contributed by atoms with Gasteiger partial charge < -0.3 is 4.90 Å². The van der Waals surface area contributed by atoms with Crippen LogP contribution in [0.3, 0.4) is 0 Å². The molecule has 7 nitrogen and oxygen atoms in total. The van der Waals surface area contributed by atoms with Crippen LogP contribution < -0.4 is 5.56 Å². The van der Waals surface area contributed by atoms with Gasteiger partial charge >= 0.3 is 0 Å². The van der Waals surface area contributed by atoms with Crippen molar-refractivity contribution in [2.45, 2.75) is 44.6 Å². The van der Waals surface area contributed by atoms with Crippen LogP contribution in [-0.4, -0.2) is 63.4 Å². The number of carbonyl (C=O) groups excluding carboxylic acids is 1. The molecule has 2 aromatic rings. The van der Waals surface area contributed by atoms with E-state index in [4.69, 9.17) is 0 Å². The van der Waals surface area contributed by atoms with Gasteiger partial charge in [0.15, 0.2) is 0 Å². The number of likely N-dealkylation sites (tertiary alicyclic amines) is 2. The van der Waals surface area contributed by atoms with Crippen LogP contribution in [0.25, 0.3) is 10.9 Å². The predicted molar refractivity (Wildman–Crippen MR) is 104 cm³/mol. The summed E-state index contributed by atoms with van der Waals surface area (Å²) < 4.78 is 1.51. The third-order valence-corrected chi connectivity index (χ3v) is 5.81. The Bertz CT molecular complexity index is 849. The summed E-state index contributed by atoms with van der Waals surface area (Å²) in [5.74, 6) is 0.215. The van der Waals surface area contributed by atoms with Gasteiger partial charge in [-0.2, -0.15) is 0 Å². The highest BCUT2D eigenvalue weighted by atomic mass is 16.2. The lowest BCUT2D eigenvalue weighted by molar-refractivity contribution is -0.133. The van der Waals surface area contributed by atoms with E-state index in [1.165, 1.54) is 30.4 Å². The largest absolute Gasteiger partial charge is 0.341 e. The zero-order chi connectivity index (χ0) is 18.6. The first kappa shape index (κ1) is 18.1. The average Bonchev–Trinajstić information content (AvgIpc) is 2.97. The van der Waals surface area contributed by atoms with E-state index in [-0.39, 0.29) is 17.5 Å². The van der Waals surface area contributed by atoms with Crippen LogP contribution >= 0.6 is 0 Å². The molecule has 0 radical (unpaired) electrons. The second kappa shape index (κ2) is 8.17. The smallest absolute Gasteiger partial charge is 0.277 e. The zero-order valence-corrected chi connectivity index (χ0v) is 15.7. The lowest BCUT2D eigenvalue weighted by Crippen LogP contribution is -2.45. The third-order valence-electron chi connectivity index (χ3n) is 5.81. The van der Waals surface area contributed by atoms with Crippen LogP contribution in [0.2, 0.25) is 0 Å². The molecule has 0 unspecified atom stereocenters. The first-order valence-corrected chi connectivity index (χ1v) is 10.1. The minimum Gasteiger partial charge on any atom is -0.341 e. The predicted octanol–water partition coefficient (Wildman–Crippen LogP) is 1.83. The first-order chi connectivity index (χ1) is 13.2. The summed E-state index contributed by atoms with van der Waals surface area (Å²) in [4.78, 5) is 29.6. The normalized spacial score (nSPS) is 19.9. The van der Waals surface area contributed by atoms with Gasteiger partial charge in [-0.05, 0) is 50.9 Å². The zero-order valence-electron chi connectivity index (χ0n) is 15.7. The Morgan fingerprint density at radius 1 is 1.00 bits per heavy atom. The number of hydrogen-bond acceptors (Lipinski definition) is 5. The summed E-state index contributed by atoms with van der Waals surface area (Å²) in [6, 6.07) is 7.31. The van der Waals surface area contributed by atoms with Crippen molar-refractivity contribution < 1.29 is 4.79 Å². The van der Waals surface area contributed by atoms with Crippen molar-refractivity contribution in [2.75, 3.05) is 32.7 Å². The Balaban J connectivity index is 1.38. The van der Waals surface area contributed by atoms with Crippen LogP contribution in [0.15, 0.2) is 29.1 Å². The molecule has 1 aromatic carbocycles. The van der Waals surface area contributed by atoms with Gasteiger partial charge in [-0.3, -0.25) is 14.5 Å². The molecule has 2 aliphatic rings. The van der Waals surface area contributed by atoms with E-state index in [0.717, 1.165) is 25.9 Å². The fraction of sp³-hybridized carbons (Fsp3) is 0.600. The number of amides is 1. The van der Waals surface area contributed by atoms with E-state index in [9.17, 15) is 9.59 Å². The first-order valence-electron chi connectivity index (χ1n) is 10.1. The van der Waals surface area contributed by atoms with Gasteiger partial charge in [0.2, 0.25) is 5.91 Å². The molecule has 2 saturated heterocycles. The lowest BCUT2D eigenvalue weighted by Gasteiger charge is -2.33. The maximum absolute atomic E-state index is 12.7. The van der Waals surface area contributed by atoms with Gasteiger partial charge in [-0.15, -0.1) is 5.10 Å². The Labute approximate surface area is 158 Å². The van der Waals surface area contributed by atoms with Crippen LogP contribution in [0, 0.1) is 0 Å². The van der Waals surface area contributed by atoms with E-state index < -0.39 is 0 Å². The Hall–Kier alpha value is -2.28. The highest BCUT2D eigenvalue weighted by Gasteiger charge is 2.26. The van der Waals surface area contributed by atoms with Gasteiger partial charge in [-0.1, -0.05) is 30.2 Å². The van der Waals surface area contributed by atoms with Crippen LogP contribution in [0.4, 0.5) is 0 Å². The number of hydrogen-bond donors (Lipinski definition) is 0. The quantitative estimate of drug-likeness (QED) is 0.825. The number of aromatic nitrogens is 3. The van der Waals surface area contributed by atoms with Crippen molar-refractivity contribution in [3.05, 3.63) is 34.6 Å².